The van der Waals surface area contributed by atoms with Gasteiger partial charge in [0, 0.05) is 35.4 Å². The van der Waals surface area contributed by atoms with Crippen molar-refractivity contribution in [3.05, 3.63) is 57.6 Å². The molecule has 210 valence electrons. The number of anilines is 1. The molecule has 39 heavy (non-hydrogen) atoms. The standard InChI is InChI=1S/C25H28Cl2F3N7O2/c1-4-19(38)36-10-13(11-36)34-23(39)20-21(27)35-18(37(20)12(2)3)9-33-22(32)14-7-15(16(26)8-17(14)31)24(5-6-24)25(28,29)30/h4,7-8,12-13H,1,5-6,9-11,31H2,2-3H3,(H2,32,33)(H,34,39). The second-order valence-electron chi connectivity index (χ2n) is 9.95. The Morgan fingerprint density at radius 1 is 1.31 bits per heavy atom. The number of likely N-dealkylation sites (tertiary alicyclic amines) is 1. The number of hydrogen-bond donors (Lipinski definition) is 3. The highest BCUT2D eigenvalue weighted by atomic mass is 35.5. The maximum Gasteiger partial charge on any atom is 0.398 e. The predicted octanol–water partition coefficient (Wildman–Crippen LogP) is 3.98. The number of aliphatic imine (C=N–C) groups is 1. The van der Waals surface area contributed by atoms with E-state index in [1.807, 2.05) is 13.8 Å². The van der Waals surface area contributed by atoms with Crippen LogP contribution in [0.3, 0.4) is 0 Å². The molecule has 5 N–H and O–H groups in total. The number of nitrogens with two attached hydrogens (primary N) is 2. The number of carbonyl (C=O) groups excluding carboxylic acids is 2. The highest BCUT2D eigenvalue weighted by molar-refractivity contribution is 6.32. The zero-order valence-electron chi connectivity index (χ0n) is 21.3. The Bertz CT molecular complexity index is 1360. The Morgan fingerprint density at radius 2 is 1.95 bits per heavy atom. The van der Waals surface area contributed by atoms with Crippen molar-refractivity contribution in [1.29, 1.82) is 0 Å². The minimum absolute atomic E-state index is 0.0440. The third-order valence-corrected chi connectivity index (χ3v) is 7.57. The summed E-state index contributed by atoms with van der Waals surface area (Å²) in [5.74, 6) is -0.469. The van der Waals surface area contributed by atoms with E-state index in [4.69, 9.17) is 34.7 Å². The van der Waals surface area contributed by atoms with Crippen molar-refractivity contribution < 1.29 is 22.8 Å². The van der Waals surface area contributed by atoms with Gasteiger partial charge in [-0.3, -0.25) is 14.6 Å². The van der Waals surface area contributed by atoms with Crippen LogP contribution in [0.5, 0.6) is 0 Å². The molecule has 1 aliphatic heterocycles. The minimum Gasteiger partial charge on any atom is -0.398 e. The van der Waals surface area contributed by atoms with Crippen LogP contribution in [-0.4, -0.2) is 57.4 Å². The van der Waals surface area contributed by atoms with Gasteiger partial charge in [-0.05, 0) is 50.5 Å². The van der Waals surface area contributed by atoms with Crippen molar-refractivity contribution in [3.8, 4) is 0 Å². The molecule has 2 fully saturated rings. The molecule has 2 heterocycles. The lowest BCUT2D eigenvalue weighted by Crippen LogP contribution is -2.60. The van der Waals surface area contributed by atoms with E-state index in [0.717, 1.165) is 0 Å². The molecule has 1 aliphatic carbocycles. The molecule has 4 rings (SSSR count). The fraction of sp³-hybridized carbons (Fsp3) is 0.440. The SMILES string of the molecule is C=CC(=O)N1CC(NC(=O)c2c(Cl)nc(CN=C(N)c3cc(C4(C(F)(F)F)CC4)c(Cl)cc3N)n2C(C)C)C1. The molecule has 2 aliphatic rings. The summed E-state index contributed by atoms with van der Waals surface area (Å²) in [6.45, 7) is 7.67. The van der Waals surface area contributed by atoms with Crippen LogP contribution in [0, 0.1) is 0 Å². The molecule has 9 nitrogen and oxygen atoms in total. The second-order valence-corrected chi connectivity index (χ2v) is 10.7. The van der Waals surface area contributed by atoms with Crippen LogP contribution < -0.4 is 16.8 Å². The smallest absolute Gasteiger partial charge is 0.398 e. The van der Waals surface area contributed by atoms with Crippen molar-refractivity contribution in [2.24, 2.45) is 10.7 Å². The lowest BCUT2D eigenvalue weighted by Gasteiger charge is -2.38. The van der Waals surface area contributed by atoms with E-state index in [1.54, 1.807) is 4.57 Å². The average molecular weight is 586 g/mol. The van der Waals surface area contributed by atoms with Crippen LogP contribution >= 0.6 is 23.2 Å². The molecule has 1 saturated heterocycles. The van der Waals surface area contributed by atoms with E-state index in [-0.39, 0.29) is 75.9 Å². The maximum absolute atomic E-state index is 13.7. The highest BCUT2D eigenvalue weighted by Gasteiger charge is 2.65. The monoisotopic (exact) mass is 585 g/mol. The van der Waals surface area contributed by atoms with Crippen LogP contribution in [0.1, 0.15) is 60.2 Å². The van der Waals surface area contributed by atoms with E-state index in [1.165, 1.54) is 23.1 Å². The summed E-state index contributed by atoms with van der Waals surface area (Å²) in [6.07, 6.45) is -3.41. The number of aromatic nitrogens is 2. The first kappa shape index (κ1) is 28.8. The van der Waals surface area contributed by atoms with Gasteiger partial charge in [0.25, 0.3) is 5.91 Å². The molecule has 14 heteroatoms. The summed E-state index contributed by atoms with van der Waals surface area (Å²) in [5.41, 5.74) is 10.4. The number of rotatable bonds is 8. The third-order valence-electron chi connectivity index (χ3n) is 6.99. The Balaban J connectivity index is 1.57. The minimum atomic E-state index is -4.47. The van der Waals surface area contributed by atoms with E-state index in [0.29, 0.717) is 18.9 Å². The highest BCUT2D eigenvalue weighted by Crippen LogP contribution is 2.60. The fourth-order valence-electron chi connectivity index (χ4n) is 4.70. The Hall–Kier alpha value is -3.25. The van der Waals surface area contributed by atoms with Gasteiger partial charge in [0.1, 0.15) is 17.4 Å². The molecule has 1 aromatic carbocycles. The summed E-state index contributed by atoms with van der Waals surface area (Å²) >= 11 is 12.5. The van der Waals surface area contributed by atoms with Gasteiger partial charge in [-0.15, -0.1) is 0 Å². The van der Waals surface area contributed by atoms with Gasteiger partial charge >= 0.3 is 6.18 Å². The molecule has 1 saturated carbocycles. The summed E-state index contributed by atoms with van der Waals surface area (Å²) in [6, 6.07) is 2.00. The molecule has 0 bridgehead atoms. The number of nitrogen functional groups attached to an aromatic ring is 1. The first-order chi connectivity index (χ1) is 18.2. The first-order valence-corrected chi connectivity index (χ1v) is 12.9. The van der Waals surface area contributed by atoms with Crippen molar-refractivity contribution in [1.82, 2.24) is 19.8 Å². The third kappa shape index (κ3) is 5.31. The Morgan fingerprint density at radius 3 is 2.49 bits per heavy atom. The summed E-state index contributed by atoms with van der Waals surface area (Å²) in [7, 11) is 0. The Labute approximate surface area is 233 Å². The van der Waals surface area contributed by atoms with Gasteiger partial charge < -0.3 is 26.3 Å². The van der Waals surface area contributed by atoms with Crippen LogP contribution in [0.4, 0.5) is 18.9 Å². The number of amidine groups is 1. The lowest BCUT2D eigenvalue weighted by molar-refractivity contribution is -0.160. The number of nitrogens with one attached hydrogen (secondary N) is 1. The largest absolute Gasteiger partial charge is 0.398 e. The molecule has 0 radical (unpaired) electrons. The average Bonchev–Trinajstić information content (AvgIpc) is 3.56. The number of imidazole rings is 1. The van der Waals surface area contributed by atoms with E-state index < -0.39 is 17.5 Å². The number of halogens is 5. The summed E-state index contributed by atoms with van der Waals surface area (Å²) in [5, 5.41) is 2.71. The van der Waals surface area contributed by atoms with Crippen molar-refractivity contribution in [2.45, 2.75) is 56.9 Å². The number of carbonyl (C=O) groups is 2. The van der Waals surface area contributed by atoms with Crippen LogP contribution in [0.15, 0.2) is 29.8 Å². The second kappa shape index (κ2) is 10.4. The number of benzene rings is 1. The molecule has 1 aromatic heterocycles. The number of hydrogen-bond acceptors (Lipinski definition) is 5. The van der Waals surface area contributed by atoms with Crippen LogP contribution in [-0.2, 0) is 16.8 Å². The van der Waals surface area contributed by atoms with Gasteiger partial charge in [-0.1, -0.05) is 29.8 Å². The van der Waals surface area contributed by atoms with Crippen molar-refractivity contribution in [2.75, 3.05) is 18.8 Å². The Kier molecular flexibility index (Phi) is 7.65. The molecule has 2 amide bonds. The summed E-state index contributed by atoms with van der Waals surface area (Å²) < 4.78 is 42.8. The van der Waals surface area contributed by atoms with Gasteiger partial charge in [-0.25, -0.2) is 4.98 Å². The molecule has 0 atom stereocenters. The summed E-state index contributed by atoms with van der Waals surface area (Å²) in [4.78, 5) is 34.8. The van der Waals surface area contributed by atoms with Crippen LogP contribution in [0.2, 0.25) is 10.2 Å². The topological polar surface area (TPSA) is 132 Å². The molecule has 2 aromatic rings. The molecule has 0 spiro atoms. The van der Waals surface area contributed by atoms with E-state index in [2.05, 4.69) is 21.9 Å². The van der Waals surface area contributed by atoms with E-state index in [9.17, 15) is 22.8 Å². The molecular weight excluding hydrogens is 558 g/mol. The van der Waals surface area contributed by atoms with Gasteiger partial charge in [0.15, 0.2) is 5.15 Å². The van der Waals surface area contributed by atoms with Crippen molar-refractivity contribution >= 4 is 46.5 Å². The van der Waals surface area contributed by atoms with Crippen LogP contribution in [0.25, 0.3) is 0 Å². The lowest BCUT2D eigenvalue weighted by atomic mass is 9.92. The maximum atomic E-state index is 13.7. The zero-order valence-corrected chi connectivity index (χ0v) is 22.8. The molecular formula is C25H28Cl2F3N7O2. The van der Waals surface area contributed by atoms with Gasteiger partial charge in [-0.2, -0.15) is 13.2 Å². The fourth-order valence-corrected chi connectivity index (χ4v) is 5.33. The van der Waals surface area contributed by atoms with Gasteiger partial charge in [0.05, 0.1) is 18.0 Å². The number of amides is 2. The zero-order chi connectivity index (χ0) is 28.9. The molecule has 0 unspecified atom stereocenters. The normalized spacial score (nSPS) is 17.2. The van der Waals surface area contributed by atoms with Crippen molar-refractivity contribution in [3.63, 3.8) is 0 Å². The van der Waals surface area contributed by atoms with E-state index >= 15 is 0 Å². The quantitative estimate of drug-likeness (QED) is 0.186. The first-order valence-electron chi connectivity index (χ1n) is 12.2. The van der Waals surface area contributed by atoms with Gasteiger partial charge in [0.2, 0.25) is 5.91 Å². The predicted molar refractivity (Wildman–Crippen MR) is 143 cm³/mol. The number of nitrogens with zero attached hydrogens (tertiary/aromatic N) is 4. The number of alkyl halides is 3.